The average Bonchev–Trinajstić information content (AvgIpc) is 1.70. The Balaban J connectivity index is -0.000000147. The van der Waals surface area contributed by atoms with Crippen LogP contribution in [0.5, 0.6) is 0 Å². The first-order chi connectivity index (χ1) is 44.5. The maximum Gasteiger partial charge on any atom is 0.312 e. The third-order valence-electron chi connectivity index (χ3n) is 15.0. The monoisotopic (exact) mass is 1460 g/mol. The number of rotatable bonds is 36. The van der Waals surface area contributed by atoms with Gasteiger partial charge >= 0.3 is 12.1 Å². The van der Waals surface area contributed by atoms with Crippen LogP contribution in [0, 0.1) is 35.5 Å². The average molecular weight is 1460 g/mol. The Morgan fingerprint density at radius 1 is 0.388 bits per heavy atom. The topological polar surface area (TPSA) is 316 Å². The Morgan fingerprint density at radius 3 is 0.932 bits per heavy atom. The quantitative estimate of drug-likeness (QED) is 0.0189. The van der Waals surface area contributed by atoms with Crippen molar-refractivity contribution in [2.45, 2.75) is 336 Å². The van der Waals surface area contributed by atoms with Gasteiger partial charge in [-0.1, -0.05) is 241 Å². The first kappa shape index (κ1) is 115. The van der Waals surface area contributed by atoms with E-state index in [-0.39, 0.29) is 164 Å². The summed E-state index contributed by atoms with van der Waals surface area (Å²) in [6.45, 7) is 53.1. The number of hydrogen-bond donors (Lipinski definition) is 12. The summed E-state index contributed by atoms with van der Waals surface area (Å²) in [5, 5.41) is 27.1. The van der Waals surface area contributed by atoms with Gasteiger partial charge in [0.1, 0.15) is 5.78 Å². The van der Waals surface area contributed by atoms with E-state index in [1.807, 2.05) is 175 Å². The Bertz CT molecular complexity index is 2710. The van der Waals surface area contributed by atoms with Gasteiger partial charge in [0, 0.05) is 119 Å². The van der Waals surface area contributed by atoms with Crippen LogP contribution in [-0.2, 0) is 41.6 Å². The molecule has 2 heterocycles. The number of fused-ring (bicyclic) bond motifs is 2. The molecule has 20 nitrogen and oxygen atoms in total. The summed E-state index contributed by atoms with van der Waals surface area (Å²) in [6.07, 6.45) is 8.43. The van der Waals surface area contributed by atoms with Crippen molar-refractivity contribution in [1.82, 2.24) is 52.5 Å². The summed E-state index contributed by atoms with van der Waals surface area (Å²) < 4.78 is 0. The zero-order valence-electron chi connectivity index (χ0n) is 64.3. The van der Waals surface area contributed by atoms with Crippen LogP contribution in [0.25, 0.3) is 21.8 Å². The van der Waals surface area contributed by atoms with E-state index < -0.39 is 12.1 Å². The Morgan fingerprint density at radius 2 is 0.680 bits per heavy atom. The SMILES string of the molecule is C.C.C.C.C.C.C.CC(C)NC(C)(C)C(=O)C(C)C.CC(C)NCC(=O)C(C)C.CC(C)N[C@@H](CCCNC(N)=O)C(=O)C(C)C.CC(C)N[C@@H](CCCNC(N)=O)C(=O)C(C)C.CC(C)N[C@@H](Cc1c[nH]c2ccccc12)C(=O)C(C)C.CC(C)N[C@@H](Cc1c[nH]c2ccccc12)C(=O)C(C)C. The molecule has 4 atom stereocenters. The zero-order valence-corrected chi connectivity index (χ0v) is 64.3. The van der Waals surface area contributed by atoms with Gasteiger partial charge in [-0.05, 0) is 89.5 Å². The number of nitrogens with one attached hydrogen (secondary N) is 10. The molecule has 4 rings (SSSR count). The van der Waals surface area contributed by atoms with Crippen LogP contribution in [0.4, 0.5) is 9.59 Å². The van der Waals surface area contributed by atoms with Gasteiger partial charge in [-0.2, -0.15) is 0 Å². The maximum absolute atomic E-state index is 12.4. The van der Waals surface area contributed by atoms with E-state index in [9.17, 15) is 38.4 Å². The second kappa shape index (κ2) is 61.0. The molecule has 14 N–H and O–H groups in total. The number of amides is 4. The Labute approximate surface area is 631 Å². The largest absolute Gasteiger partial charge is 0.361 e. The van der Waals surface area contributed by atoms with Crippen molar-refractivity contribution in [2.24, 2.45) is 47.0 Å². The van der Waals surface area contributed by atoms with Gasteiger partial charge in [-0.15, -0.1) is 0 Å². The lowest BCUT2D eigenvalue weighted by Gasteiger charge is -2.28. The highest BCUT2D eigenvalue weighted by Gasteiger charge is 2.30. The van der Waals surface area contributed by atoms with E-state index in [2.05, 4.69) is 118 Å². The molecule has 0 radical (unpaired) electrons. The second-order valence-electron chi connectivity index (χ2n) is 29.3. The van der Waals surface area contributed by atoms with Crippen LogP contribution in [0.1, 0.15) is 269 Å². The summed E-state index contributed by atoms with van der Waals surface area (Å²) in [5.41, 5.74) is 14.2. The highest BCUT2D eigenvalue weighted by atomic mass is 16.2. The number of aromatic amines is 2. The number of benzene rings is 2. The number of aromatic nitrogens is 2. The summed E-state index contributed by atoms with van der Waals surface area (Å²) in [5.74, 6) is 1.98. The van der Waals surface area contributed by atoms with Crippen molar-refractivity contribution >= 4 is 68.6 Å². The van der Waals surface area contributed by atoms with E-state index in [4.69, 9.17) is 11.5 Å². The highest BCUT2D eigenvalue weighted by Crippen LogP contribution is 2.22. The lowest BCUT2D eigenvalue weighted by Crippen LogP contribution is -2.51. The molecule has 0 aliphatic heterocycles. The van der Waals surface area contributed by atoms with E-state index in [1.54, 1.807) is 0 Å². The number of nitrogens with two attached hydrogens (primary N) is 2. The molecule has 0 bridgehead atoms. The predicted octanol–water partition coefficient (Wildman–Crippen LogP) is 16.3. The van der Waals surface area contributed by atoms with Crippen LogP contribution in [0.2, 0.25) is 0 Å². The molecule has 4 aromatic rings. The van der Waals surface area contributed by atoms with Crippen molar-refractivity contribution < 1.29 is 38.4 Å². The van der Waals surface area contributed by atoms with E-state index in [0.29, 0.717) is 43.8 Å². The number of carbonyl (C=O) groups excluding carboxylic acids is 8. The van der Waals surface area contributed by atoms with Gasteiger partial charge in [0.2, 0.25) is 0 Å². The molecule has 0 aliphatic carbocycles. The minimum Gasteiger partial charge on any atom is -0.361 e. The molecule has 0 unspecified atom stereocenters. The fourth-order valence-corrected chi connectivity index (χ4v) is 10.4. The number of hydrogen-bond acceptors (Lipinski definition) is 14. The molecule has 2 aromatic heterocycles. The molecular formula is C83H164N12O8. The molecule has 20 heteroatoms. The zero-order chi connectivity index (χ0) is 74.3. The number of H-pyrrole nitrogens is 2. The molecule has 0 saturated heterocycles. The van der Waals surface area contributed by atoms with Crippen molar-refractivity contribution in [3.63, 3.8) is 0 Å². The third kappa shape index (κ3) is 51.6. The second-order valence-corrected chi connectivity index (χ2v) is 29.3. The molecule has 0 fully saturated rings. The van der Waals surface area contributed by atoms with Crippen LogP contribution < -0.4 is 54.0 Å². The number of primary amides is 2. The molecule has 4 amide bonds. The number of ketones is 6. The first-order valence-corrected chi connectivity index (χ1v) is 35.4. The fraction of sp³-hybridized carbons (Fsp3) is 0.711. The summed E-state index contributed by atoms with van der Waals surface area (Å²) >= 11 is 0. The lowest BCUT2D eigenvalue weighted by molar-refractivity contribution is -0.127. The summed E-state index contributed by atoms with van der Waals surface area (Å²) in [4.78, 5) is 98.8. The van der Waals surface area contributed by atoms with Gasteiger partial charge in [0.05, 0.1) is 36.3 Å². The van der Waals surface area contributed by atoms with Crippen LogP contribution in [-0.4, -0.2) is 142 Å². The molecule has 0 aliphatic rings. The van der Waals surface area contributed by atoms with E-state index in [1.165, 1.54) is 21.9 Å². The molecular weight excluding hydrogens is 1290 g/mol. The Hall–Kier alpha value is -6.16. The molecule has 2 aromatic carbocycles. The van der Waals surface area contributed by atoms with Gasteiger partial charge < -0.3 is 64.0 Å². The molecule has 604 valence electrons. The van der Waals surface area contributed by atoms with Gasteiger partial charge in [0.25, 0.3) is 0 Å². The van der Waals surface area contributed by atoms with Gasteiger partial charge in [0.15, 0.2) is 28.9 Å². The molecule has 0 spiro atoms. The highest BCUT2D eigenvalue weighted by molar-refractivity contribution is 5.91. The van der Waals surface area contributed by atoms with Crippen molar-refractivity contribution in [1.29, 1.82) is 0 Å². The number of urea groups is 2. The minimum absolute atomic E-state index is 0. The van der Waals surface area contributed by atoms with Crippen LogP contribution in [0.3, 0.4) is 0 Å². The number of para-hydroxylation sites is 2. The van der Waals surface area contributed by atoms with Gasteiger partial charge in [-0.3, -0.25) is 28.8 Å². The standard InChI is InChI=1S/2C17H24N2O.2C12H25N3O2.C10H21NO.C8H17NO.7CH4/c2*1-11(2)17(20)16(19-12(3)4)9-13-10-18-15-8-6-5-7-14(13)15;2*1-8(2)11(16)10(15-9(3)4)6-5-7-14-12(13)17;1-7(2)9(12)10(5,6)11-8(3)4;1-6(2)8(10)5-9-7(3)4;;;;;;;/h2*5-8,10-12,16,18-19H,9H2,1-4H3;2*8-10,15H,5-7H2,1-4H3,(H3,13,14,17);7-8,11H,1-6H3;6-7,9H,5H2,1-4H3;7*1H4/t2*16-;2*10-;;;;;;;;;/m0000........./s1. The van der Waals surface area contributed by atoms with Crippen molar-refractivity contribution in [3.8, 4) is 0 Å². The first-order valence-electron chi connectivity index (χ1n) is 35.4. The van der Waals surface area contributed by atoms with Crippen LogP contribution >= 0.6 is 0 Å². The molecule has 0 saturated carbocycles. The Kier molecular flexibility index (Phi) is 68.3. The number of carbonyl (C=O) groups is 8. The lowest BCUT2D eigenvalue weighted by atomic mass is 9.90. The smallest absolute Gasteiger partial charge is 0.312 e. The van der Waals surface area contributed by atoms with Crippen LogP contribution in [0.15, 0.2) is 60.9 Å². The van der Waals surface area contributed by atoms with Gasteiger partial charge in [-0.25, -0.2) is 9.59 Å². The van der Waals surface area contributed by atoms with E-state index >= 15 is 0 Å². The predicted molar refractivity (Wildman–Crippen MR) is 448 cm³/mol. The van der Waals surface area contributed by atoms with Crippen molar-refractivity contribution in [3.05, 3.63) is 72.1 Å². The summed E-state index contributed by atoms with van der Waals surface area (Å²) in [6, 6.07) is 16.8. The van der Waals surface area contributed by atoms with Crippen molar-refractivity contribution in [2.75, 3.05) is 19.6 Å². The normalized spacial score (nSPS) is 11.9. The minimum atomic E-state index is -0.520. The third-order valence-corrected chi connectivity index (χ3v) is 15.0. The summed E-state index contributed by atoms with van der Waals surface area (Å²) in [7, 11) is 0. The maximum atomic E-state index is 12.4. The fourth-order valence-electron chi connectivity index (χ4n) is 10.4. The van der Waals surface area contributed by atoms with E-state index in [0.717, 1.165) is 49.6 Å². The number of Topliss-reactive ketones (excluding diaryl/α,β-unsaturated/α-hetero) is 6. The molecule has 103 heavy (non-hydrogen) atoms.